The second-order valence-corrected chi connectivity index (χ2v) is 4.03. The van der Waals surface area contributed by atoms with Crippen LogP contribution >= 0.6 is 0 Å². The monoisotopic (exact) mass is 259 g/mol. The van der Waals surface area contributed by atoms with E-state index < -0.39 is 11.2 Å². The van der Waals surface area contributed by atoms with Crippen molar-refractivity contribution in [2.75, 3.05) is 5.73 Å². The molecule has 0 unspecified atom stereocenters. The molecule has 19 heavy (non-hydrogen) atoms. The highest BCUT2D eigenvalue weighted by Gasteiger charge is 2.14. The Bertz CT molecular complexity index is 940. The normalized spacial score (nSPS) is 11.3. The maximum absolute atomic E-state index is 12.0. The summed E-state index contributed by atoms with van der Waals surface area (Å²) in [7, 11) is 2.88. The largest absolute Gasteiger partial charge is 0.382 e. The number of hydrogen-bond donors (Lipinski definition) is 1. The number of rotatable bonds is 0. The van der Waals surface area contributed by atoms with Gasteiger partial charge in [0, 0.05) is 14.1 Å². The number of fused-ring (bicyclic) bond motifs is 2. The van der Waals surface area contributed by atoms with Crippen LogP contribution in [0.4, 0.5) is 5.82 Å². The number of aryl methyl sites for hydroxylation is 1. The van der Waals surface area contributed by atoms with Crippen LogP contribution in [0.3, 0.4) is 0 Å². The Labute approximate surface area is 105 Å². The fraction of sp³-hybridized carbons (Fsp3) is 0.200. The summed E-state index contributed by atoms with van der Waals surface area (Å²) < 4.78 is 2.20. The van der Waals surface area contributed by atoms with Gasteiger partial charge in [0.2, 0.25) is 0 Å². The van der Waals surface area contributed by atoms with E-state index in [0.717, 1.165) is 4.57 Å². The molecule has 0 aliphatic carbocycles. The maximum Gasteiger partial charge on any atom is 0.332 e. The Morgan fingerprint density at radius 1 is 1.05 bits per heavy atom. The van der Waals surface area contributed by atoms with Crippen molar-refractivity contribution in [2.45, 2.75) is 0 Å². The Hall–Kier alpha value is -2.84. The molecule has 3 heterocycles. The predicted molar refractivity (Wildman–Crippen MR) is 67.5 cm³/mol. The van der Waals surface area contributed by atoms with E-state index in [9.17, 15) is 9.59 Å². The summed E-state index contributed by atoms with van der Waals surface area (Å²) in [6.45, 7) is 0. The van der Waals surface area contributed by atoms with Gasteiger partial charge in [0.25, 0.3) is 5.56 Å². The third-order valence-corrected chi connectivity index (χ3v) is 2.88. The van der Waals surface area contributed by atoms with Crippen LogP contribution in [0, 0.1) is 0 Å². The van der Waals surface area contributed by atoms with E-state index in [1.54, 1.807) is 0 Å². The van der Waals surface area contributed by atoms with E-state index in [1.165, 1.54) is 25.0 Å². The maximum atomic E-state index is 12.0. The molecule has 0 saturated carbocycles. The van der Waals surface area contributed by atoms with Crippen LogP contribution in [0.15, 0.2) is 15.9 Å². The topological polar surface area (TPSA) is 122 Å². The summed E-state index contributed by atoms with van der Waals surface area (Å²) in [6, 6.07) is 0. The smallest absolute Gasteiger partial charge is 0.332 e. The molecule has 0 aromatic carbocycles. The molecule has 0 fully saturated rings. The van der Waals surface area contributed by atoms with Crippen LogP contribution in [0.25, 0.3) is 22.3 Å². The van der Waals surface area contributed by atoms with Crippen LogP contribution < -0.4 is 17.0 Å². The lowest BCUT2D eigenvalue weighted by molar-refractivity contribution is 0.705. The van der Waals surface area contributed by atoms with Crippen molar-refractivity contribution in [1.82, 2.24) is 29.1 Å². The number of anilines is 1. The fourth-order valence-electron chi connectivity index (χ4n) is 1.83. The van der Waals surface area contributed by atoms with Gasteiger partial charge in [-0.2, -0.15) is 0 Å². The second-order valence-electron chi connectivity index (χ2n) is 4.03. The van der Waals surface area contributed by atoms with Crippen LogP contribution in [0.1, 0.15) is 0 Å². The summed E-state index contributed by atoms with van der Waals surface area (Å²) in [5, 5.41) is 0. The zero-order valence-corrected chi connectivity index (χ0v) is 10.2. The first-order valence-electron chi connectivity index (χ1n) is 5.34. The van der Waals surface area contributed by atoms with E-state index in [-0.39, 0.29) is 28.1 Å². The summed E-state index contributed by atoms with van der Waals surface area (Å²) in [5.41, 5.74) is 5.36. The van der Waals surface area contributed by atoms with Gasteiger partial charge in [0.1, 0.15) is 6.33 Å². The van der Waals surface area contributed by atoms with Crippen LogP contribution in [0.2, 0.25) is 0 Å². The molecular weight excluding hydrogens is 250 g/mol. The highest BCUT2D eigenvalue weighted by Crippen LogP contribution is 2.13. The van der Waals surface area contributed by atoms with E-state index >= 15 is 0 Å². The SMILES string of the molecule is Cn1c(=O)c2nc3c(N)ncnc3nc2n(C)c1=O. The molecule has 9 heteroatoms. The summed E-state index contributed by atoms with van der Waals surface area (Å²) in [4.78, 5) is 39.8. The first-order valence-corrected chi connectivity index (χ1v) is 5.34. The van der Waals surface area contributed by atoms with E-state index in [4.69, 9.17) is 5.73 Å². The van der Waals surface area contributed by atoms with Gasteiger partial charge < -0.3 is 5.73 Å². The number of nitrogens with two attached hydrogens (primary N) is 1. The molecule has 0 spiro atoms. The summed E-state index contributed by atoms with van der Waals surface area (Å²) >= 11 is 0. The third kappa shape index (κ3) is 1.41. The Morgan fingerprint density at radius 2 is 1.79 bits per heavy atom. The number of nitrogen functional groups attached to an aromatic ring is 1. The van der Waals surface area contributed by atoms with Gasteiger partial charge in [-0.1, -0.05) is 0 Å². The van der Waals surface area contributed by atoms with Gasteiger partial charge in [-0.05, 0) is 0 Å². The van der Waals surface area contributed by atoms with Crippen LogP contribution in [0.5, 0.6) is 0 Å². The minimum Gasteiger partial charge on any atom is -0.382 e. The van der Waals surface area contributed by atoms with Crippen LogP contribution in [-0.4, -0.2) is 29.1 Å². The number of hydrogen-bond acceptors (Lipinski definition) is 7. The van der Waals surface area contributed by atoms with Gasteiger partial charge in [-0.3, -0.25) is 13.9 Å². The molecule has 0 atom stereocenters. The fourth-order valence-corrected chi connectivity index (χ4v) is 1.83. The summed E-state index contributed by atoms with van der Waals surface area (Å²) in [6.07, 6.45) is 1.25. The molecule has 2 N–H and O–H groups in total. The highest BCUT2D eigenvalue weighted by atomic mass is 16.2. The average Bonchev–Trinajstić information content (AvgIpc) is 2.42. The first kappa shape index (κ1) is 11.3. The lowest BCUT2D eigenvalue weighted by atomic mass is 10.4. The molecule has 0 radical (unpaired) electrons. The molecule has 0 bridgehead atoms. The molecule has 9 nitrogen and oxygen atoms in total. The van der Waals surface area contributed by atoms with E-state index in [1.807, 2.05) is 0 Å². The van der Waals surface area contributed by atoms with E-state index in [0.29, 0.717) is 0 Å². The van der Waals surface area contributed by atoms with Crippen molar-refractivity contribution in [3.05, 3.63) is 27.2 Å². The zero-order valence-electron chi connectivity index (χ0n) is 10.2. The summed E-state index contributed by atoms with van der Waals surface area (Å²) in [5.74, 6) is 0.135. The Morgan fingerprint density at radius 3 is 2.53 bits per heavy atom. The van der Waals surface area contributed by atoms with Crippen molar-refractivity contribution >= 4 is 28.1 Å². The van der Waals surface area contributed by atoms with Crippen molar-refractivity contribution in [3.8, 4) is 0 Å². The molecule has 3 aromatic rings. The van der Waals surface area contributed by atoms with Gasteiger partial charge in [-0.15, -0.1) is 0 Å². The lowest BCUT2D eigenvalue weighted by Gasteiger charge is -2.06. The standard InChI is InChI=1S/C10H9N7O2/c1-16-8-5(9(18)17(2)10(16)19)14-4-6(11)12-3-13-7(4)15-8/h3H,1-2H3,(H2,11,12,13,15). The number of nitrogens with zero attached hydrogens (tertiary/aromatic N) is 6. The first-order chi connectivity index (χ1) is 9.00. The van der Waals surface area contributed by atoms with Crippen molar-refractivity contribution in [1.29, 1.82) is 0 Å². The third-order valence-electron chi connectivity index (χ3n) is 2.88. The van der Waals surface area contributed by atoms with Gasteiger partial charge in [-0.25, -0.2) is 24.7 Å². The van der Waals surface area contributed by atoms with Gasteiger partial charge in [0.05, 0.1) is 0 Å². The zero-order chi connectivity index (χ0) is 13.7. The Kier molecular flexibility index (Phi) is 2.12. The molecular formula is C10H9N7O2. The molecule has 0 aliphatic heterocycles. The van der Waals surface area contributed by atoms with Crippen molar-refractivity contribution in [3.63, 3.8) is 0 Å². The lowest BCUT2D eigenvalue weighted by Crippen LogP contribution is -2.37. The Balaban J connectivity index is 2.67. The molecule has 3 aromatic heterocycles. The molecule has 96 valence electrons. The van der Waals surface area contributed by atoms with E-state index in [2.05, 4.69) is 19.9 Å². The van der Waals surface area contributed by atoms with Crippen molar-refractivity contribution < 1.29 is 0 Å². The minimum absolute atomic E-state index is 0.0543. The molecule has 0 amide bonds. The van der Waals surface area contributed by atoms with Crippen molar-refractivity contribution in [2.24, 2.45) is 14.1 Å². The van der Waals surface area contributed by atoms with Gasteiger partial charge >= 0.3 is 5.69 Å². The molecule has 0 aliphatic rings. The van der Waals surface area contributed by atoms with Gasteiger partial charge in [0.15, 0.2) is 28.1 Å². The number of aromatic nitrogens is 6. The second kappa shape index (κ2) is 3.57. The highest BCUT2D eigenvalue weighted by molar-refractivity contribution is 5.87. The van der Waals surface area contributed by atoms with Crippen LogP contribution in [-0.2, 0) is 14.1 Å². The minimum atomic E-state index is -0.532. The predicted octanol–water partition coefficient (Wildman–Crippen LogP) is -1.45. The molecule has 3 rings (SSSR count). The quantitative estimate of drug-likeness (QED) is 0.490. The molecule has 0 saturated heterocycles. The average molecular weight is 259 g/mol.